The smallest absolute Gasteiger partial charge is 0.266 e. The number of hydrogen-bond acceptors (Lipinski definition) is 3. The second-order valence-electron chi connectivity index (χ2n) is 7.95. The van der Waals surface area contributed by atoms with Crippen molar-refractivity contribution in [1.29, 1.82) is 5.26 Å². The number of anilines is 1. The number of amides is 1. The molecule has 33 heavy (non-hydrogen) atoms. The van der Waals surface area contributed by atoms with Crippen molar-refractivity contribution in [2.75, 3.05) is 5.32 Å². The molecule has 0 aliphatic rings. The topological polar surface area (TPSA) is 62.1 Å². The van der Waals surface area contributed by atoms with E-state index in [1.165, 1.54) is 5.39 Å². The number of hydrogen-bond donors (Lipinski definition) is 1. The van der Waals surface area contributed by atoms with Crippen molar-refractivity contribution < 1.29 is 9.53 Å². The third-order valence-corrected chi connectivity index (χ3v) is 5.42. The molecule has 4 heteroatoms. The van der Waals surface area contributed by atoms with Gasteiger partial charge in [0.15, 0.2) is 0 Å². The van der Waals surface area contributed by atoms with E-state index in [-0.39, 0.29) is 5.57 Å². The molecule has 0 spiro atoms. The normalized spacial score (nSPS) is 11.1. The number of fused-ring (bicyclic) bond motifs is 1. The second kappa shape index (κ2) is 9.84. The molecule has 0 aliphatic carbocycles. The van der Waals surface area contributed by atoms with Crippen LogP contribution >= 0.6 is 0 Å². The van der Waals surface area contributed by atoms with Crippen LogP contribution in [0.5, 0.6) is 5.75 Å². The summed E-state index contributed by atoms with van der Waals surface area (Å²) < 4.78 is 6.06. The Morgan fingerprint density at radius 3 is 2.48 bits per heavy atom. The average Bonchev–Trinajstić information content (AvgIpc) is 2.83. The second-order valence-corrected chi connectivity index (χ2v) is 7.95. The molecule has 0 unspecified atom stereocenters. The van der Waals surface area contributed by atoms with Crippen molar-refractivity contribution in [3.63, 3.8) is 0 Å². The number of nitrogens with zero attached hydrogens (tertiary/aromatic N) is 1. The van der Waals surface area contributed by atoms with Gasteiger partial charge < -0.3 is 10.1 Å². The fourth-order valence-corrected chi connectivity index (χ4v) is 3.67. The van der Waals surface area contributed by atoms with Gasteiger partial charge in [0.1, 0.15) is 24.0 Å². The first kappa shape index (κ1) is 21.9. The molecule has 0 bridgehead atoms. The molecule has 0 aromatic heterocycles. The standard InChI is InChI=1S/C29H24N2O2/c1-20-11-14-27(21(2)15-20)31-29(32)26(18-30)17-25-9-5-6-10-28(25)33-19-22-12-13-23-7-3-4-8-24(23)16-22/h3-17H,19H2,1-2H3,(H,31,32)/b26-17+. The number of carbonyl (C=O) groups excluding carboxylic acids is 1. The highest BCUT2D eigenvalue weighted by molar-refractivity contribution is 6.10. The van der Waals surface area contributed by atoms with Crippen LogP contribution in [0, 0.1) is 25.2 Å². The van der Waals surface area contributed by atoms with Crippen LogP contribution in [0.15, 0.2) is 90.5 Å². The van der Waals surface area contributed by atoms with Crippen molar-refractivity contribution in [1.82, 2.24) is 0 Å². The SMILES string of the molecule is Cc1ccc(NC(=O)/C(C#N)=C/c2ccccc2OCc2ccc3ccccc3c2)c(C)c1. The molecule has 0 saturated carbocycles. The van der Waals surface area contributed by atoms with Gasteiger partial charge in [0.2, 0.25) is 0 Å². The van der Waals surface area contributed by atoms with Gasteiger partial charge in [-0.2, -0.15) is 5.26 Å². The van der Waals surface area contributed by atoms with Gasteiger partial charge >= 0.3 is 0 Å². The van der Waals surface area contributed by atoms with E-state index in [9.17, 15) is 10.1 Å². The summed E-state index contributed by atoms with van der Waals surface area (Å²) in [6, 6.07) is 29.6. The van der Waals surface area contributed by atoms with Gasteiger partial charge in [0, 0.05) is 11.3 Å². The molecule has 4 aromatic rings. The predicted octanol–water partition coefficient (Wildman–Crippen LogP) is 6.58. The molecule has 4 rings (SSSR count). The highest BCUT2D eigenvalue weighted by atomic mass is 16.5. The summed E-state index contributed by atoms with van der Waals surface area (Å²) in [6.07, 6.45) is 1.56. The molecule has 4 nitrogen and oxygen atoms in total. The van der Waals surface area contributed by atoms with Gasteiger partial charge in [-0.1, -0.05) is 72.3 Å². The number of rotatable bonds is 6. The van der Waals surface area contributed by atoms with Gasteiger partial charge in [-0.15, -0.1) is 0 Å². The van der Waals surface area contributed by atoms with Crippen LogP contribution in [0.25, 0.3) is 16.8 Å². The highest BCUT2D eigenvalue weighted by Gasteiger charge is 2.12. The van der Waals surface area contributed by atoms with E-state index in [0.29, 0.717) is 23.6 Å². The lowest BCUT2D eigenvalue weighted by Crippen LogP contribution is -2.14. The monoisotopic (exact) mass is 432 g/mol. The van der Waals surface area contributed by atoms with Crippen LogP contribution in [0.4, 0.5) is 5.69 Å². The molecule has 162 valence electrons. The molecule has 0 saturated heterocycles. The Hall–Kier alpha value is -4.36. The Kier molecular flexibility index (Phi) is 6.52. The Balaban J connectivity index is 1.53. The number of aryl methyl sites for hydroxylation is 2. The van der Waals surface area contributed by atoms with Gasteiger partial charge in [0.05, 0.1) is 0 Å². The Morgan fingerprint density at radius 1 is 0.939 bits per heavy atom. The third kappa shape index (κ3) is 5.28. The summed E-state index contributed by atoms with van der Waals surface area (Å²) in [7, 11) is 0. The van der Waals surface area contributed by atoms with Crippen molar-refractivity contribution in [3.8, 4) is 11.8 Å². The predicted molar refractivity (Wildman–Crippen MR) is 133 cm³/mol. The van der Waals surface area contributed by atoms with E-state index < -0.39 is 5.91 Å². The van der Waals surface area contributed by atoms with E-state index >= 15 is 0 Å². The maximum absolute atomic E-state index is 12.8. The van der Waals surface area contributed by atoms with E-state index in [1.54, 1.807) is 6.08 Å². The van der Waals surface area contributed by atoms with Crippen molar-refractivity contribution in [2.45, 2.75) is 20.5 Å². The van der Waals surface area contributed by atoms with Gasteiger partial charge in [-0.25, -0.2) is 0 Å². The molecular formula is C29H24N2O2. The largest absolute Gasteiger partial charge is 0.488 e. The summed E-state index contributed by atoms with van der Waals surface area (Å²) in [5.74, 6) is 0.159. The van der Waals surface area contributed by atoms with Crippen molar-refractivity contribution in [2.24, 2.45) is 0 Å². The van der Waals surface area contributed by atoms with Gasteiger partial charge in [-0.05, 0) is 60.0 Å². The van der Waals surface area contributed by atoms with Crippen LogP contribution in [0.1, 0.15) is 22.3 Å². The fourth-order valence-electron chi connectivity index (χ4n) is 3.67. The van der Waals surface area contributed by atoms with Crippen molar-refractivity contribution >= 4 is 28.4 Å². The van der Waals surface area contributed by atoms with Crippen LogP contribution < -0.4 is 10.1 Å². The Bertz CT molecular complexity index is 1400. The van der Waals surface area contributed by atoms with Crippen LogP contribution in [0.2, 0.25) is 0 Å². The summed E-state index contributed by atoms with van der Waals surface area (Å²) in [5, 5.41) is 14.8. The summed E-state index contributed by atoms with van der Waals surface area (Å²) in [5.41, 5.74) is 4.47. The molecule has 1 N–H and O–H groups in total. The lowest BCUT2D eigenvalue weighted by Gasteiger charge is -2.11. The lowest BCUT2D eigenvalue weighted by atomic mass is 10.1. The molecule has 0 fully saturated rings. The molecule has 4 aromatic carbocycles. The summed E-state index contributed by atoms with van der Waals surface area (Å²) in [6.45, 7) is 4.30. The minimum absolute atomic E-state index is 0.0109. The highest BCUT2D eigenvalue weighted by Crippen LogP contribution is 2.24. The Labute approximate surface area is 193 Å². The molecule has 0 atom stereocenters. The van der Waals surface area contributed by atoms with Gasteiger partial charge in [-0.3, -0.25) is 4.79 Å². The van der Waals surface area contributed by atoms with Crippen LogP contribution in [-0.4, -0.2) is 5.91 Å². The zero-order valence-corrected chi connectivity index (χ0v) is 18.6. The number of para-hydroxylation sites is 1. The Morgan fingerprint density at radius 2 is 1.70 bits per heavy atom. The number of carbonyl (C=O) groups is 1. The fraction of sp³-hybridized carbons (Fsp3) is 0.103. The van der Waals surface area contributed by atoms with E-state index in [2.05, 4.69) is 29.6 Å². The molecule has 1 amide bonds. The maximum Gasteiger partial charge on any atom is 0.266 e. The average molecular weight is 433 g/mol. The third-order valence-electron chi connectivity index (χ3n) is 5.42. The number of nitriles is 1. The molecule has 0 heterocycles. The van der Waals surface area contributed by atoms with Gasteiger partial charge in [0.25, 0.3) is 5.91 Å². The first-order chi connectivity index (χ1) is 16.0. The zero-order chi connectivity index (χ0) is 23.2. The molecule has 0 aliphatic heterocycles. The summed E-state index contributed by atoms with van der Waals surface area (Å²) >= 11 is 0. The van der Waals surface area contributed by atoms with Crippen LogP contribution in [-0.2, 0) is 11.4 Å². The number of benzene rings is 4. The zero-order valence-electron chi connectivity index (χ0n) is 18.6. The first-order valence-corrected chi connectivity index (χ1v) is 10.7. The first-order valence-electron chi connectivity index (χ1n) is 10.7. The summed E-state index contributed by atoms with van der Waals surface area (Å²) in [4.78, 5) is 12.8. The quantitative estimate of drug-likeness (QED) is 0.276. The molecular weight excluding hydrogens is 408 g/mol. The molecule has 0 radical (unpaired) electrons. The minimum atomic E-state index is -0.450. The van der Waals surface area contributed by atoms with Crippen LogP contribution in [0.3, 0.4) is 0 Å². The maximum atomic E-state index is 12.8. The lowest BCUT2D eigenvalue weighted by molar-refractivity contribution is -0.112. The van der Waals surface area contributed by atoms with E-state index in [1.807, 2.05) is 80.6 Å². The van der Waals surface area contributed by atoms with Crippen molar-refractivity contribution in [3.05, 3.63) is 113 Å². The van der Waals surface area contributed by atoms with E-state index in [4.69, 9.17) is 4.74 Å². The minimum Gasteiger partial charge on any atom is -0.488 e. The number of ether oxygens (including phenoxy) is 1. The number of nitrogens with one attached hydrogen (secondary N) is 1. The van der Waals surface area contributed by atoms with E-state index in [0.717, 1.165) is 22.1 Å².